The molecule has 0 fully saturated rings. The molecule has 3 heteroatoms. The largest absolute Gasteiger partial charge is 0.394 e. The summed E-state index contributed by atoms with van der Waals surface area (Å²) in [6.45, 7) is 13.7. The van der Waals surface area contributed by atoms with Crippen molar-refractivity contribution in [3.05, 3.63) is 0 Å². The van der Waals surface area contributed by atoms with E-state index in [4.69, 9.17) is 8.85 Å². The zero-order valence-electron chi connectivity index (χ0n) is 10.6. The minimum atomic E-state index is -1.87. The highest BCUT2D eigenvalue weighted by Gasteiger charge is 2.26. The molecule has 1 unspecified atom stereocenters. The third kappa shape index (κ3) is 7.53. The molecule has 0 aliphatic heterocycles. The number of hydrogen-bond acceptors (Lipinski definition) is 2. The molecule has 0 aliphatic carbocycles. The van der Waals surface area contributed by atoms with Crippen molar-refractivity contribution in [2.45, 2.75) is 59.7 Å². The van der Waals surface area contributed by atoms with E-state index in [2.05, 4.69) is 40.8 Å². The van der Waals surface area contributed by atoms with Crippen LogP contribution in [-0.2, 0) is 8.85 Å². The van der Waals surface area contributed by atoms with Crippen molar-refractivity contribution < 1.29 is 8.85 Å². The molecule has 0 saturated heterocycles. The highest BCUT2D eigenvalue weighted by molar-refractivity contribution is 6.64. The Kier molecular flexibility index (Phi) is 6.65. The van der Waals surface area contributed by atoms with Crippen LogP contribution in [0.15, 0.2) is 0 Å². The summed E-state index contributed by atoms with van der Waals surface area (Å²) in [5.74, 6) is 0.590. The summed E-state index contributed by atoms with van der Waals surface area (Å²) in [6, 6.07) is 0. The quantitative estimate of drug-likeness (QED) is 0.608. The molecule has 0 bridgehead atoms. The Morgan fingerprint density at radius 1 is 1.14 bits per heavy atom. The van der Waals surface area contributed by atoms with Gasteiger partial charge in [0.15, 0.2) is 0 Å². The van der Waals surface area contributed by atoms with Gasteiger partial charge in [0, 0.05) is 12.7 Å². The first kappa shape index (κ1) is 14.1. The average Bonchev–Trinajstić information content (AvgIpc) is 2.00. The van der Waals surface area contributed by atoms with Gasteiger partial charge in [-0.05, 0) is 32.4 Å². The lowest BCUT2D eigenvalue weighted by Gasteiger charge is -2.27. The van der Waals surface area contributed by atoms with Gasteiger partial charge in [0.1, 0.15) is 0 Å². The Bertz CT molecular complexity index is 146. The van der Waals surface area contributed by atoms with E-state index in [0.717, 1.165) is 13.0 Å². The molecular weight excluding hydrogens is 192 g/mol. The van der Waals surface area contributed by atoms with Crippen LogP contribution in [0.1, 0.15) is 40.5 Å². The topological polar surface area (TPSA) is 18.5 Å². The second kappa shape index (κ2) is 6.59. The molecule has 0 N–H and O–H groups in total. The van der Waals surface area contributed by atoms with Crippen molar-refractivity contribution in [1.82, 2.24) is 0 Å². The molecule has 0 heterocycles. The molecule has 0 amide bonds. The summed E-state index contributed by atoms with van der Waals surface area (Å²) in [6.07, 6.45) is 2.64. The van der Waals surface area contributed by atoms with E-state index in [-0.39, 0.29) is 0 Å². The molecule has 0 radical (unpaired) electrons. The van der Waals surface area contributed by atoms with E-state index in [0.29, 0.717) is 12.0 Å². The summed E-state index contributed by atoms with van der Waals surface area (Å²) < 4.78 is 11.8. The van der Waals surface area contributed by atoms with E-state index in [1.165, 1.54) is 6.42 Å². The van der Waals surface area contributed by atoms with E-state index in [1.54, 1.807) is 0 Å². The molecular formula is C11H26O2Si. The van der Waals surface area contributed by atoms with Crippen LogP contribution < -0.4 is 0 Å². The predicted octanol–water partition coefficient (Wildman–Crippen LogP) is 3.57. The summed E-state index contributed by atoms with van der Waals surface area (Å²) in [4.78, 5) is 0. The Morgan fingerprint density at radius 2 is 1.71 bits per heavy atom. The maximum Gasteiger partial charge on any atom is 0.331 e. The molecule has 0 rings (SSSR count). The predicted molar refractivity (Wildman–Crippen MR) is 63.7 cm³/mol. The molecule has 14 heavy (non-hydrogen) atoms. The van der Waals surface area contributed by atoms with E-state index in [9.17, 15) is 0 Å². The van der Waals surface area contributed by atoms with Crippen LogP contribution in [0.5, 0.6) is 0 Å². The highest BCUT2D eigenvalue weighted by atomic mass is 28.4. The fourth-order valence-corrected chi connectivity index (χ4v) is 3.24. The Hall–Kier alpha value is 0.137. The molecule has 0 spiro atoms. The molecule has 0 aromatic carbocycles. The lowest BCUT2D eigenvalue weighted by molar-refractivity contribution is 0.116. The average molecular weight is 218 g/mol. The standard InChI is InChI=1S/C11H26O2Si/c1-7-8-11(4)13-14(5,6)12-9-10(2)3/h10-11H,7-9H2,1-6H3. The second-order valence-electron chi connectivity index (χ2n) is 4.82. The van der Waals surface area contributed by atoms with E-state index in [1.807, 2.05) is 0 Å². The Labute approximate surface area is 90.2 Å². The molecule has 0 saturated carbocycles. The van der Waals surface area contributed by atoms with Gasteiger partial charge in [-0.3, -0.25) is 0 Å². The summed E-state index contributed by atoms with van der Waals surface area (Å²) in [5.41, 5.74) is 0. The maximum absolute atomic E-state index is 5.95. The van der Waals surface area contributed by atoms with Crippen LogP contribution in [0.3, 0.4) is 0 Å². The van der Waals surface area contributed by atoms with Gasteiger partial charge in [-0.1, -0.05) is 27.2 Å². The number of hydrogen-bond donors (Lipinski definition) is 0. The lowest BCUT2D eigenvalue weighted by atomic mass is 10.2. The van der Waals surface area contributed by atoms with Gasteiger partial charge in [0.25, 0.3) is 0 Å². The van der Waals surface area contributed by atoms with Crippen LogP contribution in [0.4, 0.5) is 0 Å². The third-order valence-electron chi connectivity index (χ3n) is 1.94. The highest BCUT2D eigenvalue weighted by Crippen LogP contribution is 2.14. The maximum atomic E-state index is 5.95. The van der Waals surface area contributed by atoms with E-state index < -0.39 is 8.56 Å². The molecule has 2 nitrogen and oxygen atoms in total. The number of rotatable bonds is 7. The van der Waals surface area contributed by atoms with Gasteiger partial charge in [0.05, 0.1) is 0 Å². The first-order valence-electron chi connectivity index (χ1n) is 5.69. The second-order valence-corrected chi connectivity index (χ2v) is 8.15. The molecule has 86 valence electrons. The Morgan fingerprint density at radius 3 is 2.14 bits per heavy atom. The summed E-state index contributed by atoms with van der Waals surface area (Å²) in [5, 5.41) is 0. The fourth-order valence-electron chi connectivity index (χ4n) is 1.35. The van der Waals surface area contributed by atoms with Crippen molar-refractivity contribution >= 4 is 8.56 Å². The van der Waals surface area contributed by atoms with Crippen LogP contribution in [0.25, 0.3) is 0 Å². The van der Waals surface area contributed by atoms with Crippen molar-refractivity contribution in [3.63, 3.8) is 0 Å². The minimum absolute atomic E-state index is 0.342. The zero-order valence-corrected chi connectivity index (χ0v) is 11.6. The minimum Gasteiger partial charge on any atom is -0.394 e. The summed E-state index contributed by atoms with van der Waals surface area (Å²) in [7, 11) is -1.87. The molecule has 0 aliphatic rings. The normalized spacial score (nSPS) is 14.8. The van der Waals surface area contributed by atoms with Gasteiger partial charge < -0.3 is 8.85 Å². The smallest absolute Gasteiger partial charge is 0.331 e. The van der Waals surface area contributed by atoms with Crippen LogP contribution in [0.2, 0.25) is 13.1 Å². The van der Waals surface area contributed by atoms with E-state index >= 15 is 0 Å². The monoisotopic (exact) mass is 218 g/mol. The first-order valence-corrected chi connectivity index (χ1v) is 8.50. The third-order valence-corrected chi connectivity index (χ3v) is 3.78. The van der Waals surface area contributed by atoms with Crippen molar-refractivity contribution in [2.24, 2.45) is 5.92 Å². The van der Waals surface area contributed by atoms with Gasteiger partial charge >= 0.3 is 8.56 Å². The van der Waals surface area contributed by atoms with Crippen molar-refractivity contribution in [1.29, 1.82) is 0 Å². The van der Waals surface area contributed by atoms with Crippen molar-refractivity contribution in [3.8, 4) is 0 Å². The zero-order chi connectivity index (χ0) is 11.2. The first-order chi connectivity index (χ1) is 6.37. The van der Waals surface area contributed by atoms with Gasteiger partial charge in [-0.15, -0.1) is 0 Å². The lowest BCUT2D eigenvalue weighted by Crippen LogP contribution is -2.39. The van der Waals surface area contributed by atoms with Gasteiger partial charge in [0.2, 0.25) is 0 Å². The summed E-state index contributed by atoms with van der Waals surface area (Å²) >= 11 is 0. The SMILES string of the molecule is CCCC(C)O[Si](C)(C)OCC(C)C. The fraction of sp³-hybridized carbons (Fsp3) is 1.00. The molecule has 0 aromatic heterocycles. The van der Waals surface area contributed by atoms with Crippen LogP contribution in [0, 0.1) is 5.92 Å². The van der Waals surface area contributed by atoms with Gasteiger partial charge in [-0.25, -0.2) is 0 Å². The molecule has 1 atom stereocenters. The van der Waals surface area contributed by atoms with Crippen molar-refractivity contribution in [2.75, 3.05) is 6.61 Å². The van der Waals surface area contributed by atoms with Gasteiger partial charge in [-0.2, -0.15) is 0 Å². The Balaban J connectivity index is 3.81. The molecule has 0 aromatic rings. The van der Waals surface area contributed by atoms with Crippen LogP contribution >= 0.6 is 0 Å². The van der Waals surface area contributed by atoms with Crippen LogP contribution in [-0.4, -0.2) is 21.3 Å².